The van der Waals surface area contributed by atoms with Crippen molar-refractivity contribution in [3.63, 3.8) is 0 Å². The average molecular weight is 269 g/mol. The Kier molecular flexibility index (Phi) is 4.77. The summed E-state index contributed by atoms with van der Waals surface area (Å²) in [5.74, 6) is 0.972. The summed E-state index contributed by atoms with van der Waals surface area (Å²) in [6, 6.07) is 15.5. The van der Waals surface area contributed by atoms with Crippen LogP contribution in [-0.4, -0.2) is 12.4 Å². The van der Waals surface area contributed by atoms with E-state index in [-0.39, 0.29) is 5.78 Å². The van der Waals surface area contributed by atoms with E-state index in [0.29, 0.717) is 6.61 Å². The molecule has 20 heavy (non-hydrogen) atoms. The van der Waals surface area contributed by atoms with Gasteiger partial charge in [-0.05, 0) is 43.7 Å². The summed E-state index contributed by atoms with van der Waals surface area (Å²) in [7, 11) is 0. The summed E-state index contributed by atoms with van der Waals surface area (Å²) in [6.07, 6.45) is 0. The van der Waals surface area contributed by atoms with Crippen molar-refractivity contribution in [1.82, 2.24) is 0 Å². The number of carbonyl (C=O) groups excluding carboxylic acids is 1. The maximum absolute atomic E-state index is 11.2. The smallest absolute Gasteiger partial charge is 0.159 e. The van der Waals surface area contributed by atoms with E-state index in [2.05, 4.69) is 5.32 Å². The Hall–Kier alpha value is -2.29. The summed E-state index contributed by atoms with van der Waals surface area (Å²) >= 11 is 0. The first-order chi connectivity index (χ1) is 9.69. The molecule has 0 saturated carbocycles. The quantitative estimate of drug-likeness (QED) is 0.808. The molecule has 3 heteroatoms. The van der Waals surface area contributed by atoms with Gasteiger partial charge in [0.15, 0.2) is 5.78 Å². The minimum Gasteiger partial charge on any atom is -0.494 e. The molecule has 3 nitrogen and oxygen atoms in total. The predicted octanol–water partition coefficient (Wildman–Crippen LogP) is 3.90. The Morgan fingerprint density at radius 1 is 1.05 bits per heavy atom. The molecule has 0 bridgehead atoms. The van der Waals surface area contributed by atoms with Gasteiger partial charge in [0.05, 0.1) is 6.61 Å². The second-order valence-corrected chi connectivity index (χ2v) is 4.56. The van der Waals surface area contributed by atoms with E-state index in [0.717, 1.165) is 29.1 Å². The number of Topliss-reactive ketones (excluding diaryl/α,β-unsaturated/α-hetero) is 1. The number of rotatable bonds is 6. The fraction of sp³-hybridized carbons (Fsp3) is 0.235. The van der Waals surface area contributed by atoms with Crippen LogP contribution in [0.2, 0.25) is 0 Å². The van der Waals surface area contributed by atoms with Crippen molar-refractivity contribution in [2.24, 2.45) is 0 Å². The van der Waals surface area contributed by atoms with Gasteiger partial charge in [-0.25, -0.2) is 0 Å². The summed E-state index contributed by atoms with van der Waals surface area (Å²) in [6.45, 7) is 4.95. The highest BCUT2D eigenvalue weighted by Crippen LogP contribution is 2.16. The van der Waals surface area contributed by atoms with Crippen LogP contribution in [0, 0.1) is 0 Å². The van der Waals surface area contributed by atoms with E-state index < -0.39 is 0 Å². The zero-order chi connectivity index (χ0) is 14.4. The van der Waals surface area contributed by atoms with Crippen molar-refractivity contribution in [3.05, 3.63) is 59.7 Å². The minimum absolute atomic E-state index is 0.0935. The van der Waals surface area contributed by atoms with Gasteiger partial charge < -0.3 is 10.1 Å². The number of nitrogens with one attached hydrogen (secondary N) is 1. The summed E-state index contributed by atoms with van der Waals surface area (Å²) in [5, 5.41) is 3.34. The van der Waals surface area contributed by atoms with Crippen molar-refractivity contribution in [1.29, 1.82) is 0 Å². The number of ether oxygens (including phenoxy) is 1. The molecule has 0 aromatic heterocycles. The van der Waals surface area contributed by atoms with E-state index in [1.165, 1.54) is 0 Å². The Morgan fingerprint density at radius 3 is 2.25 bits per heavy atom. The highest BCUT2D eigenvalue weighted by atomic mass is 16.5. The number of benzene rings is 2. The molecule has 0 atom stereocenters. The first-order valence-electron chi connectivity index (χ1n) is 6.75. The summed E-state index contributed by atoms with van der Waals surface area (Å²) in [4.78, 5) is 11.2. The van der Waals surface area contributed by atoms with Gasteiger partial charge in [-0.15, -0.1) is 0 Å². The lowest BCUT2D eigenvalue weighted by Crippen LogP contribution is -2.00. The molecule has 0 radical (unpaired) electrons. The summed E-state index contributed by atoms with van der Waals surface area (Å²) in [5.41, 5.74) is 2.93. The molecule has 0 saturated heterocycles. The molecule has 0 heterocycles. The van der Waals surface area contributed by atoms with Crippen LogP contribution < -0.4 is 10.1 Å². The van der Waals surface area contributed by atoms with Crippen LogP contribution in [0.25, 0.3) is 0 Å². The second-order valence-electron chi connectivity index (χ2n) is 4.56. The van der Waals surface area contributed by atoms with Gasteiger partial charge >= 0.3 is 0 Å². The SMILES string of the molecule is CCOc1ccc(NCc2ccc(C(C)=O)cc2)cc1. The Balaban J connectivity index is 1.92. The summed E-state index contributed by atoms with van der Waals surface area (Å²) < 4.78 is 5.40. The van der Waals surface area contributed by atoms with Gasteiger partial charge in [-0.1, -0.05) is 24.3 Å². The molecule has 2 aromatic carbocycles. The van der Waals surface area contributed by atoms with Gasteiger partial charge in [0.25, 0.3) is 0 Å². The van der Waals surface area contributed by atoms with Gasteiger partial charge in [0.1, 0.15) is 5.75 Å². The van der Waals surface area contributed by atoms with E-state index in [1.807, 2.05) is 55.5 Å². The van der Waals surface area contributed by atoms with E-state index in [9.17, 15) is 4.79 Å². The molecule has 1 N–H and O–H groups in total. The van der Waals surface area contributed by atoms with Gasteiger partial charge in [-0.2, -0.15) is 0 Å². The third kappa shape index (κ3) is 3.85. The van der Waals surface area contributed by atoms with Crippen molar-refractivity contribution in [2.45, 2.75) is 20.4 Å². The van der Waals surface area contributed by atoms with Crippen LogP contribution >= 0.6 is 0 Å². The second kappa shape index (κ2) is 6.75. The maximum Gasteiger partial charge on any atom is 0.159 e. The molecule has 0 spiro atoms. The monoisotopic (exact) mass is 269 g/mol. The molecule has 2 rings (SSSR count). The lowest BCUT2D eigenvalue weighted by Gasteiger charge is -2.08. The van der Waals surface area contributed by atoms with Gasteiger partial charge in [0, 0.05) is 17.8 Å². The lowest BCUT2D eigenvalue weighted by molar-refractivity contribution is 0.101. The van der Waals surface area contributed by atoms with Gasteiger partial charge in [0.2, 0.25) is 0 Å². The van der Waals surface area contributed by atoms with Crippen molar-refractivity contribution >= 4 is 11.5 Å². The van der Waals surface area contributed by atoms with Crippen LogP contribution in [-0.2, 0) is 6.54 Å². The fourth-order valence-electron chi connectivity index (χ4n) is 1.90. The molecule has 2 aromatic rings. The highest BCUT2D eigenvalue weighted by Gasteiger charge is 1.99. The van der Waals surface area contributed by atoms with Crippen LogP contribution in [0.3, 0.4) is 0 Å². The van der Waals surface area contributed by atoms with Crippen molar-refractivity contribution in [2.75, 3.05) is 11.9 Å². The Bertz CT molecular complexity index is 559. The molecule has 0 aliphatic carbocycles. The lowest BCUT2D eigenvalue weighted by atomic mass is 10.1. The van der Waals surface area contributed by atoms with E-state index in [1.54, 1.807) is 6.92 Å². The van der Waals surface area contributed by atoms with Crippen LogP contribution in [0.1, 0.15) is 29.8 Å². The van der Waals surface area contributed by atoms with Gasteiger partial charge in [-0.3, -0.25) is 4.79 Å². The third-order valence-electron chi connectivity index (χ3n) is 3.02. The van der Waals surface area contributed by atoms with Crippen LogP contribution in [0.5, 0.6) is 5.75 Å². The van der Waals surface area contributed by atoms with Crippen molar-refractivity contribution < 1.29 is 9.53 Å². The maximum atomic E-state index is 11.2. The Labute approximate surface area is 119 Å². The molecule has 0 fully saturated rings. The van der Waals surface area contributed by atoms with E-state index >= 15 is 0 Å². The first-order valence-corrected chi connectivity index (χ1v) is 6.75. The van der Waals surface area contributed by atoms with Crippen LogP contribution in [0.4, 0.5) is 5.69 Å². The molecular formula is C17H19NO2. The normalized spacial score (nSPS) is 10.1. The molecule has 104 valence electrons. The number of anilines is 1. The minimum atomic E-state index is 0.0935. The van der Waals surface area contributed by atoms with Crippen molar-refractivity contribution in [3.8, 4) is 5.75 Å². The molecule has 0 aliphatic heterocycles. The fourth-order valence-corrected chi connectivity index (χ4v) is 1.90. The predicted molar refractivity (Wildman–Crippen MR) is 81.4 cm³/mol. The molecule has 0 amide bonds. The standard InChI is InChI=1S/C17H19NO2/c1-3-20-17-10-8-16(9-11-17)18-12-14-4-6-15(7-5-14)13(2)19/h4-11,18H,3,12H2,1-2H3. The molecule has 0 unspecified atom stereocenters. The Morgan fingerprint density at radius 2 is 1.70 bits per heavy atom. The first kappa shape index (κ1) is 14.1. The third-order valence-corrected chi connectivity index (χ3v) is 3.02. The largest absolute Gasteiger partial charge is 0.494 e. The molecule has 0 aliphatic rings. The zero-order valence-electron chi connectivity index (χ0n) is 11.8. The average Bonchev–Trinajstić information content (AvgIpc) is 2.47. The topological polar surface area (TPSA) is 38.3 Å². The number of carbonyl (C=O) groups is 1. The number of hydrogen-bond acceptors (Lipinski definition) is 3. The zero-order valence-corrected chi connectivity index (χ0v) is 11.8. The van der Waals surface area contributed by atoms with Crippen LogP contribution in [0.15, 0.2) is 48.5 Å². The molecular weight excluding hydrogens is 250 g/mol. The number of ketones is 1. The number of hydrogen-bond donors (Lipinski definition) is 1. The highest BCUT2D eigenvalue weighted by molar-refractivity contribution is 5.94. The van der Waals surface area contributed by atoms with E-state index in [4.69, 9.17) is 4.74 Å².